The smallest absolute Gasteiger partial charge is 0.0612 e. The molecule has 0 saturated heterocycles. The minimum Gasteiger partial charge on any atom is -0.258 e. The number of unbranched alkanes of at least 4 members (excludes halogenated alkanes) is 2. The van der Waals surface area contributed by atoms with Gasteiger partial charge < -0.3 is 0 Å². The van der Waals surface area contributed by atoms with E-state index in [1.54, 1.807) is 0 Å². The zero-order valence-corrected chi connectivity index (χ0v) is 9.45. The van der Waals surface area contributed by atoms with Crippen molar-refractivity contribution in [1.82, 2.24) is 9.97 Å². The lowest BCUT2D eigenvalue weighted by Crippen LogP contribution is -1.97. The molecule has 0 fully saturated rings. The first-order valence-corrected chi connectivity index (χ1v) is 5.54. The van der Waals surface area contributed by atoms with Crippen LogP contribution >= 0.6 is 0 Å². The van der Waals surface area contributed by atoms with Crippen molar-refractivity contribution in [3.8, 4) is 0 Å². The maximum atomic E-state index is 4.41. The van der Waals surface area contributed by atoms with Crippen LogP contribution in [0.15, 0.2) is 12.4 Å². The lowest BCUT2D eigenvalue weighted by molar-refractivity contribution is 0.700. The molecule has 0 N–H and O–H groups in total. The Bertz CT molecular complexity index is 252. The van der Waals surface area contributed by atoms with Crippen LogP contribution in [0.25, 0.3) is 0 Å². The summed E-state index contributed by atoms with van der Waals surface area (Å²) in [7, 11) is 0. The highest BCUT2D eigenvalue weighted by molar-refractivity contribution is 5.05. The van der Waals surface area contributed by atoms with E-state index in [1.807, 2.05) is 12.4 Å². The molecule has 0 aliphatic rings. The Morgan fingerprint density at radius 2 is 1.93 bits per heavy atom. The fourth-order valence-corrected chi connectivity index (χ4v) is 1.35. The summed E-state index contributed by atoms with van der Waals surface area (Å²) in [5.41, 5.74) is 2.21. The van der Waals surface area contributed by atoms with E-state index in [2.05, 4.69) is 30.7 Å². The van der Waals surface area contributed by atoms with Gasteiger partial charge in [0, 0.05) is 12.4 Å². The molecule has 2 nitrogen and oxygen atoms in total. The van der Waals surface area contributed by atoms with Gasteiger partial charge in [0.15, 0.2) is 0 Å². The average molecular weight is 192 g/mol. The molecule has 0 bridgehead atoms. The Morgan fingerprint density at radius 3 is 2.43 bits per heavy atom. The van der Waals surface area contributed by atoms with Crippen LogP contribution in [0, 0.1) is 0 Å². The van der Waals surface area contributed by atoms with E-state index in [4.69, 9.17) is 0 Å². The molecule has 1 rings (SSSR count). The molecule has 14 heavy (non-hydrogen) atoms. The summed E-state index contributed by atoms with van der Waals surface area (Å²) in [5, 5.41) is 0. The van der Waals surface area contributed by atoms with Gasteiger partial charge in [-0.2, -0.15) is 0 Å². The predicted octanol–water partition coefficient (Wildman–Crippen LogP) is 3.33. The number of aromatic nitrogens is 2. The average Bonchev–Trinajstić information content (AvgIpc) is 2.19. The van der Waals surface area contributed by atoms with Crippen LogP contribution in [0.3, 0.4) is 0 Å². The van der Waals surface area contributed by atoms with Crippen LogP contribution in [0.5, 0.6) is 0 Å². The standard InChI is InChI=1S/C12H20N2/c1-4-5-6-7-11-8-14-12(9-13-11)10(2)3/h8-10H,4-7H2,1-3H3. The third-order valence-corrected chi connectivity index (χ3v) is 2.35. The molecule has 0 aromatic carbocycles. The Morgan fingerprint density at radius 1 is 1.14 bits per heavy atom. The quantitative estimate of drug-likeness (QED) is 0.669. The van der Waals surface area contributed by atoms with Crippen LogP contribution in [0.4, 0.5) is 0 Å². The summed E-state index contributed by atoms with van der Waals surface area (Å²) < 4.78 is 0. The molecule has 0 amide bonds. The number of nitrogens with zero attached hydrogens (tertiary/aromatic N) is 2. The molecule has 1 aromatic rings. The first-order chi connectivity index (χ1) is 6.74. The molecule has 1 heterocycles. The molecule has 0 radical (unpaired) electrons. The van der Waals surface area contributed by atoms with E-state index < -0.39 is 0 Å². The maximum absolute atomic E-state index is 4.41. The molecule has 78 valence electrons. The summed E-state index contributed by atoms with van der Waals surface area (Å²) in [6.45, 7) is 6.50. The number of hydrogen-bond donors (Lipinski definition) is 0. The summed E-state index contributed by atoms with van der Waals surface area (Å²) in [6, 6.07) is 0. The number of aryl methyl sites for hydroxylation is 1. The Labute approximate surface area is 86.8 Å². The van der Waals surface area contributed by atoms with Crippen molar-refractivity contribution < 1.29 is 0 Å². The topological polar surface area (TPSA) is 25.8 Å². The highest BCUT2D eigenvalue weighted by Crippen LogP contribution is 2.10. The van der Waals surface area contributed by atoms with Gasteiger partial charge in [-0.15, -0.1) is 0 Å². The Kier molecular flexibility index (Phi) is 4.57. The van der Waals surface area contributed by atoms with Crippen molar-refractivity contribution in [2.24, 2.45) is 0 Å². The maximum Gasteiger partial charge on any atom is 0.0612 e. The largest absolute Gasteiger partial charge is 0.258 e. The second-order valence-electron chi connectivity index (χ2n) is 4.04. The molecule has 0 aliphatic heterocycles. The van der Waals surface area contributed by atoms with Gasteiger partial charge >= 0.3 is 0 Å². The second-order valence-corrected chi connectivity index (χ2v) is 4.04. The van der Waals surface area contributed by atoms with Crippen LogP contribution in [-0.4, -0.2) is 9.97 Å². The van der Waals surface area contributed by atoms with Gasteiger partial charge in [-0.25, -0.2) is 0 Å². The van der Waals surface area contributed by atoms with Crippen LogP contribution < -0.4 is 0 Å². The predicted molar refractivity (Wildman–Crippen MR) is 59.4 cm³/mol. The molecule has 0 atom stereocenters. The van der Waals surface area contributed by atoms with E-state index in [0.29, 0.717) is 5.92 Å². The van der Waals surface area contributed by atoms with Gasteiger partial charge in [0.2, 0.25) is 0 Å². The van der Waals surface area contributed by atoms with E-state index in [-0.39, 0.29) is 0 Å². The normalized spacial score (nSPS) is 10.9. The van der Waals surface area contributed by atoms with E-state index >= 15 is 0 Å². The van der Waals surface area contributed by atoms with Gasteiger partial charge in [0.05, 0.1) is 11.4 Å². The zero-order chi connectivity index (χ0) is 10.4. The van der Waals surface area contributed by atoms with Crippen molar-refractivity contribution in [3.63, 3.8) is 0 Å². The zero-order valence-electron chi connectivity index (χ0n) is 9.45. The van der Waals surface area contributed by atoms with Crippen molar-refractivity contribution >= 4 is 0 Å². The van der Waals surface area contributed by atoms with Crippen molar-refractivity contribution in [2.45, 2.75) is 52.4 Å². The molecule has 1 aromatic heterocycles. The molecule has 0 unspecified atom stereocenters. The molecule has 2 heteroatoms. The molecule has 0 spiro atoms. The Hall–Kier alpha value is -0.920. The summed E-state index contributed by atoms with van der Waals surface area (Å²) in [4.78, 5) is 8.80. The van der Waals surface area contributed by atoms with Gasteiger partial charge in [-0.1, -0.05) is 33.6 Å². The van der Waals surface area contributed by atoms with Crippen LogP contribution in [0.2, 0.25) is 0 Å². The molecule has 0 saturated carbocycles. The van der Waals surface area contributed by atoms with Crippen LogP contribution in [-0.2, 0) is 6.42 Å². The van der Waals surface area contributed by atoms with Gasteiger partial charge in [-0.3, -0.25) is 9.97 Å². The highest BCUT2D eigenvalue weighted by atomic mass is 14.8. The number of hydrogen-bond acceptors (Lipinski definition) is 2. The minimum atomic E-state index is 0.479. The van der Waals surface area contributed by atoms with Crippen molar-refractivity contribution in [3.05, 3.63) is 23.8 Å². The first kappa shape index (κ1) is 11.2. The van der Waals surface area contributed by atoms with Crippen molar-refractivity contribution in [1.29, 1.82) is 0 Å². The lowest BCUT2D eigenvalue weighted by Gasteiger charge is -2.04. The first-order valence-electron chi connectivity index (χ1n) is 5.54. The van der Waals surface area contributed by atoms with E-state index in [0.717, 1.165) is 17.8 Å². The second kappa shape index (κ2) is 5.74. The van der Waals surface area contributed by atoms with Crippen LogP contribution in [0.1, 0.15) is 57.3 Å². The number of rotatable bonds is 5. The van der Waals surface area contributed by atoms with Gasteiger partial charge in [0.25, 0.3) is 0 Å². The molecular weight excluding hydrogens is 172 g/mol. The highest BCUT2D eigenvalue weighted by Gasteiger charge is 2.01. The third-order valence-electron chi connectivity index (χ3n) is 2.35. The van der Waals surface area contributed by atoms with Gasteiger partial charge in [0.1, 0.15) is 0 Å². The van der Waals surface area contributed by atoms with E-state index in [9.17, 15) is 0 Å². The third kappa shape index (κ3) is 3.44. The summed E-state index contributed by atoms with van der Waals surface area (Å²) >= 11 is 0. The molecular formula is C12H20N2. The van der Waals surface area contributed by atoms with Crippen molar-refractivity contribution in [2.75, 3.05) is 0 Å². The fourth-order valence-electron chi connectivity index (χ4n) is 1.35. The summed E-state index contributed by atoms with van der Waals surface area (Å²) in [6.07, 6.45) is 8.67. The lowest BCUT2D eigenvalue weighted by atomic mass is 10.1. The SMILES string of the molecule is CCCCCc1cnc(C(C)C)cn1. The Balaban J connectivity index is 2.47. The summed E-state index contributed by atoms with van der Waals surface area (Å²) in [5.74, 6) is 0.479. The monoisotopic (exact) mass is 192 g/mol. The van der Waals surface area contributed by atoms with E-state index in [1.165, 1.54) is 19.3 Å². The van der Waals surface area contributed by atoms with Gasteiger partial charge in [-0.05, 0) is 18.8 Å². The molecule has 0 aliphatic carbocycles. The fraction of sp³-hybridized carbons (Fsp3) is 0.667. The minimum absolute atomic E-state index is 0.479.